The molecule has 0 aliphatic heterocycles. The molecule has 0 aliphatic rings. The van der Waals surface area contributed by atoms with Gasteiger partial charge >= 0.3 is 0 Å². The maximum absolute atomic E-state index is 12.0. The Morgan fingerprint density at radius 1 is 1.17 bits per heavy atom. The summed E-state index contributed by atoms with van der Waals surface area (Å²) in [5, 5.41) is 13.8. The Hall–Kier alpha value is -2.06. The van der Waals surface area contributed by atoms with Gasteiger partial charge in [0.05, 0.1) is 24.9 Å². The highest BCUT2D eigenvalue weighted by Gasteiger charge is 2.13. The van der Waals surface area contributed by atoms with Crippen LogP contribution in [0.3, 0.4) is 0 Å². The molecule has 0 atom stereocenters. The molecule has 24 heavy (non-hydrogen) atoms. The van der Waals surface area contributed by atoms with Crippen molar-refractivity contribution in [3.63, 3.8) is 0 Å². The molecule has 2 aromatic carbocycles. The molecule has 0 unspecified atom stereocenters. The van der Waals surface area contributed by atoms with Gasteiger partial charge in [-0.25, -0.2) is 5.43 Å². The molecule has 0 aliphatic carbocycles. The topological polar surface area (TPSA) is 80.2 Å². The number of hydrazone groups is 1. The second kappa shape index (κ2) is 8.16. The lowest BCUT2D eigenvalue weighted by molar-refractivity contribution is 0.0955. The fraction of sp³-hybridized carbons (Fsp3) is 0.125. The zero-order valence-electron chi connectivity index (χ0n) is 12.8. The van der Waals surface area contributed by atoms with Crippen LogP contribution in [-0.2, 0) is 0 Å². The van der Waals surface area contributed by atoms with Crippen molar-refractivity contribution in [1.29, 1.82) is 0 Å². The van der Waals surface area contributed by atoms with Crippen LogP contribution < -0.4 is 14.9 Å². The lowest BCUT2D eigenvalue weighted by Crippen LogP contribution is -2.17. The predicted octanol–water partition coefficient (Wildman–Crippen LogP) is 3.70. The first kappa shape index (κ1) is 18.3. The average molecular weight is 458 g/mol. The molecule has 0 aromatic heterocycles. The van der Waals surface area contributed by atoms with E-state index in [4.69, 9.17) is 9.47 Å². The smallest absolute Gasteiger partial charge is 0.271 e. The van der Waals surface area contributed by atoms with Gasteiger partial charge in [-0.05, 0) is 62.2 Å². The van der Waals surface area contributed by atoms with E-state index in [9.17, 15) is 9.90 Å². The van der Waals surface area contributed by atoms with Gasteiger partial charge in [-0.1, -0.05) is 0 Å². The highest BCUT2D eigenvalue weighted by molar-refractivity contribution is 9.13. The van der Waals surface area contributed by atoms with E-state index >= 15 is 0 Å². The minimum atomic E-state index is -0.352. The standard InChI is InChI=1S/C16H14Br2N2O4/c1-23-11-5-3-9(4-6-11)16(22)20-19-8-10-7-12(24-2)15(21)14(18)13(10)17/h3-8,21H,1-2H3,(H,20,22)/b19-8+. The maximum atomic E-state index is 12.0. The van der Waals surface area contributed by atoms with Crippen molar-refractivity contribution >= 4 is 44.0 Å². The molecule has 0 saturated heterocycles. The Bertz CT molecular complexity index is 777. The molecular formula is C16H14Br2N2O4. The normalized spacial score (nSPS) is 10.7. The summed E-state index contributed by atoms with van der Waals surface area (Å²) in [6.45, 7) is 0. The van der Waals surface area contributed by atoms with Gasteiger partial charge in [-0.15, -0.1) is 0 Å². The van der Waals surface area contributed by atoms with Gasteiger partial charge in [0.1, 0.15) is 5.75 Å². The summed E-state index contributed by atoms with van der Waals surface area (Å²) in [7, 11) is 3.00. The molecule has 0 heterocycles. The zero-order valence-corrected chi connectivity index (χ0v) is 16.0. The monoisotopic (exact) mass is 456 g/mol. The van der Waals surface area contributed by atoms with Crippen LogP contribution in [0.4, 0.5) is 0 Å². The Balaban J connectivity index is 2.13. The molecule has 2 aromatic rings. The molecule has 0 bridgehead atoms. The number of phenols is 1. The Morgan fingerprint density at radius 3 is 2.42 bits per heavy atom. The third-order valence-corrected chi connectivity index (χ3v) is 5.27. The van der Waals surface area contributed by atoms with E-state index in [0.717, 1.165) is 0 Å². The van der Waals surface area contributed by atoms with Crippen molar-refractivity contribution in [2.75, 3.05) is 14.2 Å². The number of aromatic hydroxyl groups is 1. The quantitative estimate of drug-likeness (QED) is 0.530. The summed E-state index contributed by atoms with van der Waals surface area (Å²) in [4.78, 5) is 12.0. The summed E-state index contributed by atoms with van der Waals surface area (Å²) in [5.41, 5.74) is 3.51. The van der Waals surface area contributed by atoms with Crippen LogP contribution in [-0.4, -0.2) is 31.4 Å². The molecule has 8 heteroatoms. The fourth-order valence-electron chi connectivity index (χ4n) is 1.83. The van der Waals surface area contributed by atoms with Crippen molar-refractivity contribution in [2.45, 2.75) is 0 Å². The third-order valence-electron chi connectivity index (χ3n) is 3.12. The van der Waals surface area contributed by atoms with E-state index in [2.05, 4.69) is 42.4 Å². The Kier molecular flexibility index (Phi) is 6.22. The second-order valence-corrected chi connectivity index (χ2v) is 6.16. The molecule has 6 nitrogen and oxygen atoms in total. The number of carbonyl (C=O) groups excluding carboxylic acids is 1. The van der Waals surface area contributed by atoms with Gasteiger partial charge in [0.15, 0.2) is 11.5 Å². The molecule has 1 amide bonds. The predicted molar refractivity (Wildman–Crippen MR) is 98.1 cm³/mol. The number of benzene rings is 2. The summed E-state index contributed by atoms with van der Waals surface area (Å²) in [6.07, 6.45) is 1.44. The highest BCUT2D eigenvalue weighted by atomic mass is 79.9. The zero-order chi connectivity index (χ0) is 17.7. The number of nitrogens with zero attached hydrogens (tertiary/aromatic N) is 1. The number of carbonyl (C=O) groups is 1. The minimum Gasteiger partial charge on any atom is -0.503 e. The van der Waals surface area contributed by atoms with Crippen molar-refractivity contribution < 1.29 is 19.4 Å². The molecule has 2 rings (SSSR count). The number of hydrogen-bond acceptors (Lipinski definition) is 5. The summed E-state index contributed by atoms with van der Waals surface area (Å²) >= 11 is 6.60. The largest absolute Gasteiger partial charge is 0.503 e. The number of halogens is 2. The van der Waals surface area contributed by atoms with Crippen LogP contribution in [0, 0.1) is 0 Å². The van der Waals surface area contributed by atoms with Crippen molar-refractivity contribution in [3.8, 4) is 17.2 Å². The van der Waals surface area contributed by atoms with Gasteiger partial charge in [0.25, 0.3) is 5.91 Å². The summed E-state index contributed by atoms with van der Waals surface area (Å²) in [6, 6.07) is 8.25. The van der Waals surface area contributed by atoms with Crippen LogP contribution in [0.5, 0.6) is 17.2 Å². The molecule has 0 radical (unpaired) electrons. The number of hydrogen-bond donors (Lipinski definition) is 2. The van der Waals surface area contributed by atoms with Gasteiger partial charge in [0.2, 0.25) is 0 Å². The van der Waals surface area contributed by atoms with E-state index in [1.807, 2.05) is 0 Å². The summed E-state index contributed by atoms with van der Waals surface area (Å²) < 4.78 is 11.1. The van der Waals surface area contributed by atoms with Gasteiger partial charge in [0, 0.05) is 15.6 Å². The number of rotatable bonds is 5. The molecule has 2 N–H and O–H groups in total. The van der Waals surface area contributed by atoms with Gasteiger partial charge < -0.3 is 14.6 Å². The van der Waals surface area contributed by atoms with Crippen LogP contribution in [0.25, 0.3) is 0 Å². The van der Waals surface area contributed by atoms with Gasteiger partial charge in [-0.2, -0.15) is 5.10 Å². The molecular weight excluding hydrogens is 444 g/mol. The van der Waals surface area contributed by atoms with E-state index in [-0.39, 0.29) is 17.4 Å². The Labute approximate surface area is 155 Å². The Morgan fingerprint density at radius 2 is 1.83 bits per heavy atom. The van der Waals surface area contributed by atoms with Crippen LogP contribution in [0.1, 0.15) is 15.9 Å². The van der Waals surface area contributed by atoms with Gasteiger partial charge in [-0.3, -0.25) is 4.79 Å². The van der Waals surface area contributed by atoms with Crippen LogP contribution in [0.2, 0.25) is 0 Å². The van der Waals surface area contributed by atoms with E-state index in [0.29, 0.717) is 25.8 Å². The van der Waals surface area contributed by atoms with E-state index in [1.165, 1.54) is 13.3 Å². The number of ether oxygens (including phenoxy) is 2. The van der Waals surface area contributed by atoms with E-state index < -0.39 is 0 Å². The maximum Gasteiger partial charge on any atom is 0.271 e. The number of phenolic OH excluding ortho intramolecular Hbond substituents is 1. The van der Waals surface area contributed by atoms with Crippen LogP contribution in [0.15, 0.2) is 44.4 Å². The summed E-state index contributed by atoms with van der Waals surface area (Å²) in [5.74, 6) is 0.576. The molecule has 0 fully saturated rings. The van der Waals surface area contributed by atoms with Crippen molar-refractivity contribution in [3.05, 3.63) is 50.4 Å². The first-order valence-corrected chi connectivity index (χ1v) is 8.29. The number of amides is 1. The van der Waals surface area contributed by atoms with Crippen molar-refractivity contribution in [2.24, 2.45) is 5.10 Å². The average Bonchev–Trinajstić information content (AvgIpc) is 2.61. The second-order valence-electron chi connectivity index (χ2n) is 4.57. The third kappa shape index (κ3) is 4.07. The molecule has 0 saturated carbocycles. The minimum absolute atomic E-state index is 0.0243. The number of nitrogens with one attached hydrogen (secondary N) is 1. The first-order valence-electron chi connectivity index (χ1n) is 6.70. The highest BCUT2D eigenvalue weighted by Crippen LogP contribution is 2.41. The SMILES string of the molecule is COc1ccc(C(=O)N/N=C/c2cc(OC)c(O)c(Br)c2Br)cc1. The first-order chi connectivity index (χ1) is 11.5. The van der Waals surface area contributed by atoms with Crippen LogP contribution >= 0.6 is 31.9 Å². The van der Waals surface area contributed by atoms with E-state index in [1.54, 1.807) is 37.4 Å². The number of methoxy groups -OCH3 is 2. The lowest BCUT2D eigenvalue weighted by Gasteiger charge is -2.09. The lowest BCUT2D eigenvalue weighted by atomic mass is 10.2. The van der Waals surface area contributed by atoms with Crippen molar-refractivity contribution in [1.82, 2.24) is 5.43 Å². The fourth-order valence-corrected chi connectivity index (χ4v) is 2.66. The molecule has 126 valence electrons. The molecule has 0 spiro atoms.